The highest BCUT2D eigenvalue weighted by Crippen LogP contribution is 2.39. The Morgan fingerprint density at radius 1 is 0.259 bits per heavy atom. The van der Waals surface area contributed by atoms with Gasteiger partial charge in [0.15, 0.2) is 5.82 Å². The molecule has 0 N–H and O–H groups in total. The van der Waals surface area contributed by atoms with Crippen LogP contribution in [-0.2, 0) is 0 Å². The molecule has 0 unspecified atom stereocenters. The third kappa shape index (κ3) is 5.76. The Bertz CT molecular complexity index is 2960. The second-order valence-corrected chi connectivity index (χ2v) is 13.5. The number of hydrogen-bond donors (Lipinski definition) is 0. The molecule has 0 spiro atoms. The fourth-order valence-corrected chi connectivity index (χ4v) is 7.39. The molecule has 0 atom stereocenters. The number of pyridine rings is 2. The predicted octanol–water partition coefficient (Wildman–Crippen LogP) is 12.7. The number of aromatic nitrogens is 4. The number of hydrogen-bond acceptors (Lipinski definition) is 4. The van der Waals surface area contributed by atoms with E-state index >= 15 is 0 Å². The highest BCUT2D eigenvalue weighted by molar-refractivity contribution is 6.21. The summed E-state index contributed by atoms with van der Waals surface area (Å²) in [6, 6.07) is 67.3. The van der Waals surface area contributed by atoms with E-state index in [0.717, 1.165) is 88.7 Å². The summed E-state index contributed by atoms with van der Waals surface area (Å²) in [7, 11) is 0. The second-order valence-electron chi connectivity index (χ2n) is 13.5. The molecular formula is C50H32N4. The van der Waals surface area contributed by atoms with Gasteiger partial charge in [0, 0.05) is 44.0 Å². The maximum Gasteiger partial charge on any atom is 0.160 e. The van der Waals surface area contributed by atoms with Crippen molar-refractivity contribution < 1.29 is 0 Å². The van der Waals surface area contributed by atoms with Crippen LogP contribution in [0.1, 0.15) is 0 Å². The van der Waals surface area contributed by atoms with Crippen LogP contribution in [0.3, 0.4) is 0 Å². The Kier molecular flexibility index (Phi) is 7.77. The van der Waals surface area contributed by atoms with Crippen molar-refractivity contribution in [2.45, 2.75) is 0 Å². The summed E-state index contributed by atoms with van der Waals surface area (Å²) in [4.78, 5) is 20.8. The van der Waals surface area contributed by atoms with Crippen LogP contribution in [0.2, 0.25) is 0 Å². The van der Waals surface area contributed by atoms with Gasteiger partial charge in [0.1, 0.15) is 0 Å². The minimum absolute atomic E-state index is 0.682. The lowest BCUT2D eigenvalue weighted by atomic mass is 9.95. The molecule has 0 amide bonds. The molecular weight excluding hydrogens is 657 g/mol. The first-order valence-electron chi connectivity index (χ1n) is 18.1. The molecule has 0 aliphatic heterocycles. The van der Waals surface area contributed by atoms with Crippen LogP contribution in [0.25, 0.3) is 100 Å². The van der Waals surface area contributed by atoms with Gasteiger partial charge in [-0.1, -0.05) is 152 Å². The van der Waals surface area contributed by atoms with Crippen LogP contribution < -0.4 is 0 Å². The van der Waals surface area contributed by atoms with Crippen molar-refractivity contribution in [2.24, 2.45) is 0 Å². The molecule has 10 aromatic rings. The largest absolute Gasteiger partial charge is 0.248 e. The van der Waals surface area contributed by atoms with Gasteiger partial charge in [0.25, 0.3) is 0 Å². The number of benzene rings is 7. The average Bonchev–Trinajstić information content (AvgIpc) is 3.26. The van der Waals surface area contributed by atoms with E-state index in [2.05, 4.69) is 146 Å². The van der Waals surface area contributed by atoms with E-state index in [-0.39, 0.29) is 0 Å². The summed E-state index contributed by atoms with van der Waals surface area (Å²) in [5.41, 5.74) is 12.9. The minimum Gasteiger partial charge on any atom is -0.248 e. The van der Waals surface area contributed by atoms with E-state index < -0.39 is 0 Å². The van der Waals surface area contributed by atoms with Crippen LogP contribution in [0, 0.1) is 0 Å². The van der Waals surface area contributed by atoms with E-state index in [0.29, 0.717) is 5.82 Å². The standard InChI is InChI=1S/C50H32N4/c1-5-14-33(15-6-1)37-22-13-23-38(30-37)46-32-47(54-50(53-46)36-20-11-4-12-21-36)39-24-27-45-42(31-39)40-25-29-44-41(26-28-43(51-44)34-16-7-2-8-17-34)48(40)49(52-45)35-18-9-3-10-19-35/h1-32H. The Hall–Kier alpha value is -7.30. The fourth-order valence-electron chi connectivity index (χ4n) is 7.39. The summed E-state index contributed by atoms with van der Waals surface area (Å²) in [6.07, 6.45) is 0. The molecule has 0 aliphatic carbocycles. The number of nitrogens with zero attached hydrogens (tertiary/aromatic N) is 4. The number of rotatable bonds is 6. The Morgan fingerprint density at radius 2 is 0.796 bits per heavy atom. The predicted molar refractivity (Wildman–Crippen MR) is 223 cm³/mol. The highest BCUT2D eigenvalue weighted by atomic mass is 14.9. The van der Waals surface area contributed by atoms with Crippen LogP contribution in [0.15, 0.2) is 194 Å². The van der Waals surface area contributed by atoms with E-state index in [1.54, 1.807) is 0 Å². The van der Waals surface area contributed by atoms with E-state index in [9.17, 15) is 0 Å². The van der Waals surface area contributed by atoms with Gasteiger partial charge in [-0.2, -0.15) is 0 Å². The summed E-state index contributed by atoms with van der Waals surface area (Å²) >= 11 is 0. The van der Waals surface area contributed by atoms with E-state index in [1.165, 1.54) is 5.56 Å². The molecule has 4 nitrogen and oxygen atoms in total. The molecule has 0 aliphatic rings. The zero-order valence-corrected chi connectivity index (χ0v) is 29.3. The lowest BCUT2D eigenvalue weighted by molar-refractivity contribution is 1.18. The molecule has 3 aromatic heterocycles. The first kappa shape index (κ1) is 31.4. The van der Waals surface area contributed by atoms with Gasteiger partial charge < -0.3 is 0 Å². The SMILES string of the molecule is c1ccc(-c2cccc(-c3cc(-c4ccc5nc(-c6ccccc6)c6c7ccc(-c8ccccc8)nc7ccc6c5c4)nc(-c4ccccc4)n3)c2)cc1. The van der Waals surface area contributed by atoms with Crippen LogP contribution in [0.5, 0.6) is 0 Å². The molecule has 3 heterocycles. The van der Waals surface area contributed by atoms with Gasteiger partial charge in [-0.05, 0) is 59.0 Å². The van der Waals surface area contributed by atoms with Crippen molar-refractivity contribution >= 4 is 32.6 Å². The van der Waals surface area contributed by atoms with Gasteiger partial charge in [-0.15, -0.1) is 0 Å². The third-order valence-corrected chi connectivity index (χ3v) is 10.1. The normalized spacial score (nSPS) is 11.3. The van der Waals surface area contributed by atoms with Gasteiger partial charge in [0.05, 0.1) is 33.8 Å². The maximum atomic E-state index is 5.35. The molecule has 0 fully saturated rings. The van der Waals surface area contributed by atoms with Crippen molar-refractivity contribution in [3.05, 3.63) is 194 Å². The van der Waals surface area contributed by atoms with E-state index in [1.807, 2.05) is 48.5 Å². The minimum atomic E-state index is 0.682. The molecule has 0 bridgehead atoms. The quantitative estimate of drug-likeness (QED) is 0.163. The summed E-state index contributed by atoms with van der Waals surface area (Å²) in [5.74, 6) is 0.682. The Balaban J connectivity index is 1.18. The van der Waals surface area contributed by atoms with Gasteiger partial charge >= 0.3 is 0 Å². The zero-order valence-electron chi connectivity index (χ0n) is 29.3. The molecule has 7 aromatic carbocycles. The fraction of sp³-hybridized carbons (Fsp3) is 0. The summed E-state index contributed by atoms with van der Waals surface area (Å²) < 4.78 is 0. The smallest absolute Gasteiger partial charge is 0.160 e. The molecule has 4 heteroatoms. The Labute approximate surface area is 313 Å². The summed E-state index contributed by atoms with van der Waals surface area (Å²) in [5, 5.41) is 4.33. The van der Waals surface area contributed by atoms with Gasteiger partial charge in [-0.25, -0.2) is 19.9 Å². The molecule has 0 radical (unpaired) electrons. The lowest BCUT2D eigenvalue weighted by Crippen LogP contribution is -1.97. The molecule has 0 saturated heterocycles. The van der Waals surface area contributed by atoms with Crippen LogP contribution >= 0.6 is 0 Å². The molecule has 10 rings (SSSR count). The van der Waals surface area contributed by atoms with Crippen molar-refractivity contribution in [1.82, 2.24) is 19.9 Å². The first-order valence-corrected chi connectivity index (χ1v) is 18.1. The highest BCUT2D eigenvalue weighted by Gasteiger charge is 2.17. The molecule has 252 valence electrons. The second kappa shape index (κ2) is 13.4. The van der Waals surface area contributed by atoms with Gasteiger partial charge in [-0.3, -0.25) is 0 Å². The van der Waals surface area contributed by atoms with Crippen molar-refractivity contribution in [3.63, 3.8) is 0 Å². The van der Waals surface area contributed by atoms with E-state index in [4.69, 9.17) is 19.9 Å². The van der Waals surface area contributed by atoms with Crippen molar-refractivity contribution in [2.75, 3.05) is 0 Å². The van der Waals surface area contributed by atoms with Crippen LogP contribution in [-0.4, -0.2) is 19.9 Å². The third-order valence-electron chi connectivity index (χ3n) is 10.1. The zero-order chi connectivity index (χ0) is 35.8. The maximum absolute atomic E-state index is 5.35. The average molecular weight is 689 g/mol. The lowest BCUT2D eigenvalue weighted by Gasteiger charge is -2.15. The Morgan fingerprint density at radius 3 is 1.50 bits per heavy atom. The van der Waals surface area contributed by atoms with Crippen molar-refractivity contribution in [3.8, 4) is 67.5 Å². The molecule has 54 heavy (non-hydrogen) atoms. The first-order chi connectivity index (χ1) is 26.7. The van der Waals surface area contributed by atoms with Crippen LogP contribution in [0.4, 0.5) is 0 Å². The van der Waals surface area contributed by atoms with Crippen molar-refractivity contribution in [1.29, 1.82) is 0 Å². The number of fused-ring (bicyclic) bond motifs is 5. The summed E-state index contributed by atoms with van der Waals surface area (Å²) in [6.45, 7) is 0. The van der Waals surface area contributed by atoms with Gasteiger partial charge in [0.2, 0.25) is 0 Å². The topological polar surface area (TPSA) is 51.6 Å². The molecule has 0 saturated carbocycles. The monoisotopic (exact) mass is 688 g/mol.